The molecule has 0 aliphatic rings. The van der Waals surface area contributed by atoms with Crippen LogP contribution in [0.15, 0.2) is 53.8 Å². The largest absolute Gasteiger partial charge is 0.497 e. The first-order valence-electron chi connectivity index (χ1n) is 9.74. The van der Waals surface area contributed by atoms with Gasteiger partial charge >= 0.3 is 0 Å². The number of allylic oxidation sites excluding steroid dienone is 1. The number of pyridine rings is 2. The van der Waals surface area contributed by atoms with Gasteiger partial charge in [0.1, 0.15) is 17.3 Å². The predicted octanol–water partition coefficient (Wildman–Crippen LogP) is 3.43. The van der Waals surface area contributed by atoms with E-state index in [1.807, 2.05) is 41.3 Å². The lowest BCUT2D eigenvalue weighted by molar-refractivity contribution is 0.207. The summed E-state index contributed by atoms with van der Waals surface area (Å²) in [6.07, 6.45) is 4.97. The second kappa shape index (κ2) is 10.4. The molecule has 8 nitrogen and oxygen atoms in total. The van der Waals surface area contributed by atoms with Crippen LogP contribution in [0.2, 0.25) is 0 Å². The Labute approximate surface area is 182 Å². The van der Waals surface area contributed by atoms with E-state index >= 15 is 0 Å². The first-order valence-corrected chi connectivity index (χ1v) is 9.74. The Balaban J connectivity index is 2.10. The Morgan fingerprint density at radius 2 is 1.81 bits per heavy atom. The van der Waals surface area contributed by atoms with E-state index in [0.717, 1.165) is 33.7 Å². The van der Waals surface area contributed by atoms with Crippen molar-refractivity contribution in [3.8, 4) is 11.5 Å². The van der Waals surface area contributed by atoms with Crippen LogP contribution < -0.4 is 20.1 Å². The zero-order valence-corrected chi connectivity index (χ0v) is 18.2. The third-order valence-corrected chi connectivity index (χ3v) is 4.75. The highest BCUT2D eigenvalue weighted by Crippen LogP contribution is 2.32. The summed E-state index contributed by atoms with van der Waals surface area (Å²) in [7, 11) is 6.62. The van der Waals surface area contributed by atoms with Gasteiger partial charge in [-0.1, -0.05) is 0 Å². The van der Waals surface area contributed by atoms with Gasteiger partial charge < -0.3 is 24.8 Å². The third kappa shape index (κ3) is 5.10. The fourth-order valence-electron chi connectivity index (χ4n) is 3.16. The zero-order chi connectivity index (χ0) is 22.2. The summed E-state index contributed by atoms with van der Waals surface area (Å²) in [5.74, 6) is 2.14. The summed E-state index contributed by atoms with van der Waals surface area (Å²) in [5.41, 5.74) is 9.78. The molecule has 8 heteroatoms. The van der Waals surface area contributed by atoms with E-state index in [2.05, 4.69) is 9.98 Å². The molecule has 31 heavy (non-hydrogen) atoms. The molecule has 162 valence electrons. The Kier molecular flexibility index (Phi) is 7.40. The van der Waals surface area contributed by atoms with Crippen LogP contribution in [0.1, 0.15) is 5.56 Å². The van der Waals surface area contributed by atoms with Gasteiger partial charge in [-0.2, -0.15) is 0 Å². The number of anilines is 2. The van der Waals surface area contributed by atoms with Crippen molar-refractivity contribution in [1.82, 2.24) is 9.97 Å². The number of methoxy groups -OCH3 is 3. The molecule has 0 spiro atoms. The van der Waals surface area contributed by atoms with Gasteiger partial charge in [0.15, 0.2) is 0 Å². The van der Waals surface area contributed by atoms with Gasteiger partial charge in [0, 0.05) is 74.3 Å². The Hall–Kier alpha value is -3.65. The lowest BCUT2D eigenvalue weighted by Crippen LogP contribution is -2.23. The molecular weight excluding hydrogens is 394 g/mol. The molecule has 2 aromatic heterocycles. The highest BCUT2D eigenvalue weighted by molar-refractivity contribution is 6.10. The molecule has 3 aromatic rings. The average Bonchev–Trinajstić information content (AvgIpc) is 2.82. The number of nitrogens with two attached hydrogens (primary N) is 1. The van der Waals surface area contributed by atoms with Crippen LogP contribution in [0, 0.1) is 0 Å². The van der Waals surface area contributed by atoms with Crippen LogP contribution in [-0.4, -0.2) is 57.7 Å². The first-order chi connectivity index (χ1) is 15.1. The van der Waals surface area contributed by atoms with Crippen molar-refractivity contribution < 1.29 is 14.2 Å². The Bertz CT molecular complexity index is 1080. The molecule has 0 fully saturated rings. The molecule has 2 heterocycles. The maximum Gasteiger partial charge on any atom is 0.133 e. The number of ether oxygens (including phenoxy) is 3. The monoisotopic (exact) mass is 421 g/mol. The fourth-order valence-corrected chi connectivity index (χ4v) is 3.16. The molecular formula is C23H27N5O3. The Morgan fingerprint density at radius 3 is 2.42 bits per heavy atom. The molecule has 0 unspecified atom stereocenters. The minimum absolute atomic E-state index is 0.518. The van der Waals surface area contributed by atoms with Gasteiger partial charge in [-0.3, -0.25) is 9.98 Å². The summed E-state index contributed by atoms with van der Waals surface area (Å²) < 4.78 is 16.2. The number of rotatable bonds is 9. The SMILES string of the molecule is CN=C/C(=C\N)c1cnc2ccc(N(CCOC)c3cc(OC)cc(OC)c3)nc2c1. The number of nitrogens with zero attached hydrogens (tertiary/aromatic N) is 4. The Morgan fingerprint density at radius 1 is 1.06 bits per heavy atom. The first kappa shape index (κ1) is 22.0. The second-order valence-corrected chi connectivity index (χ2v) is 6.66. The molecule has 0 radical (unpaired) electrons. The quantitative estimate of drug-likeness (QED) is 0.529. The molecule has 2 N–H and O–H groups in total. The smallest absolute Gasteiger partial charge is 0.133 e. The van der Waals surface area contributed by atoms with E-state index < -0.39 is 0 Å². The minimum atomic E-state index is 0.518. The van der Waals surface area contributed by atoms with E-state index in [-0.39, 0.29) is 0 Å². The van der Waals surface area contributed by atoms with E-state index in [0.29, 0.717) is 24.7 Å². The lowest BCUT2D eigenvalue weighted by Gasteiger charge is -2.25. The second-order valence-electron chi connectivity index (χ2n) is 6.66. The summed E-state index contributed by atoms with van der Waals surface area (Å²) in [6, 6.07) is 11.5. The van der Waals surface area contributed by atoms with Crippen molar-refractivity contribution in [2.45, 2.75) is 0 Å². The number of hydrogen-bond donors (Lipinski definition) is 1. The molecule has 0 saturated heterocycles. The van der Waals surface area contributed by atoms with E-state index in [1.165, 1.54) is 6.20 Å². The predicted molar refractivity (Wildman–Crippen MR) is 125 cm³/mol. The van der Waals surface area contributed by atoms with Crippen molar-refractivity contribution in [2.24, 2.45) is 10.7 Å². The molecule has 0 saturated carbocycles. The maximum absolute atomic E-state index is 5.75. The normalized spacial score (nSPS) is 11.8. The minimum Gasteiger partial charge on any atom is -0.497 e. The highest BCUT2D eigenvalue weighted by atomic mass is 16.5. The highest BCUT2D eigenvalue weighted by Gasteiger charge is 2.15. The van der Waals surface area contributed by atoms with Gasteiger partial charge in [-0.05, 0) is 18.2 Å². The van der Waals surface area contributed by atoms with Crippen LogP contribution in [0.5, 0.6) is 11.5 Å². The number of fused-ring (bicyclic) bond motifs is 1. The van der Waals surface area contributed by atoms with Crippen molar-refractivity contribution in [3.05, 3.63) is 54.4 Å². The van der Waals surface area contributed by atoms with Crippen molar-refractivity contribution in [3.63, 3.8) is 0 Å². The summed E-state index contributed by atoms with van der Waals surface area (Å²) >= 11 is 0. The molecule has 0 amide bonds. The van der Waals surface area contributed by atoms with Crippen LogP contribution in [-0.2, 0) is 4.74 Å². The van der Waals surface area contributed by atoms with E-state index in [9.17, 15) is 0 Å². The molecule has 0 aliphatic heterocycles. The van der Waals surface area contributed by atoms with Crippen LogP contribution in [0.3, 0.4) is 0 Å². The van der Waals surface area contributed by atoms with Gasteiger partial charge in [-0.25, -0.2) is 4.98 Å². The van der Waals surface area contributed by atoms with Gasteiger partial charge in [0.2, 0.25) is 0 Å². The van der Waals surface area contributed by atoms with Gasteiger partial charge in [0.05, 0.1) is 31.9 Å². The summed E-state index contributed by atoms with van der Waals surface area (Å²) in [5, 5.41) is 0. The molecule has 0 aliphatic carbocycles. The number of aromatic nitrogens is 2. The average molecular weight is 422 g/mol. The maximum atomic E-state index is 5.75. The molecule has 1 aromatic carbocycles. The van der Waals surface area contributed by atoms with Crippen molar-refractivity contribution >= 4 is 34.3 Å². The lowest BCUT2D eigenvalue weighted by atomic mass is 10.1. The summed E-state index contributed by atoms with van der Waals surface area (Å²) in [4.78, 5) is 15.5. The van der Waals surface area contributed by atoms with Crippen molar-refractivity contribution in [1.29, 1.82) is 0 Å². The number of hydrogen-bond acceptors (Lipinski definition) is 8. The van der Waals surface area contributed by atoms with E-state index in [4.69, 9.17) is 24.9 Å². The number of aliphatic imine (C=N–C) groups is 1. The topological polar surface area (TPSA) is 95.1 Å². The number of benzene rings is 1. The van der Waals surface area contributed by atoms with Gasteiger partial charge in [-0.15, -0.1) is 0 Å². The van der Waals surface area contributed by atoms with Crippen LogP contribution in [0.25, 0.3) is 16.6 Å². The zero-order valence-electron chi connectivity index (χ0n) is 18.2. The third-order valence-electron chi connectivity index (χ3n) is 4.75. The molecule has 3 rings (SSSR count). The molecule has 0 atom stereocenters. The fraction of sp³-hybridized carbons (Fsp3) is 0.261. The van der Waals surface area contributed by atoms with Gasteiger partial charge in [0.25, 0.3) is 0 Å². The van der Waals surface area contributed by atoms with E-state index in [1.54, 1.807) is 40.8 Å². The van der Waals surface area contributed by atoms with Crippen molar-refractivity contribution in [2.75, 3.05) is 46.4 Å². The summed E-state index contributed by atoms with van der Waals surface area (Å²) in [6.45, 7) is 1.11. The standard InChI is InChI=1S/C23H27N5O3/c1-25-14-17(13-24)16-9-22-21(26-15-16)5-6-23(27-22)28(7-8-29-2)18-10-19(30-3)12-20(11-18)31-4/h5-6,9-15H,7-8,24H2,1-4H3/b17-13+,25-14?. The van der Waals surface area contributed by atoms with Crippen LogP contribution >= 0.6 is 0 Å². The van der Waals surface area contributed by atoms with Crippen LogP contribution in [0.4, 0.5) is 11.5 Å². The molecule has 0 bridgehead atoms.